The number of aryl methyl sites for hydroxylation is 2. The number of benzene rings is 1. The zero-order valence-corrected chi connectivity index (χ0v) is 13.9. The Labute approximate surface area is 135 Å². The van der Waals surface area contributed by atoms with Crippen LogP contribution in [-0.4, -0.2) is 28.2 Å². The lowest BCUT2D eigenvalue weighted by Crippen LogP contribution is -2.23. The minimum absolute atomic E-state index is 0.417. The molecule has 0 spiro atoms. The fourth-order valence-corrected chi connectivity index (χ4v) is 2.14. The molecule has 22 heavy (non-hydrogen) atoms. The van der Waals surface area contributed by atoms with Gasteiger partial charge >= 0.3 is 0 Å². The highest BCUT2D eigenvalue weighted by Crippen LogP contribution is 2.14. The van der Waals surface area contributed by atoms with Gasteiger partial charge in [-0.3, -0.25) is 10.1 Å². The molecule has 0 saturated heterocycles. The van der Waals surface area contributed by atoms with E-state index in [1.165, 1.54) is 0 Å². The van der Waals surface area contributed by atoms with E-state index in [0.717, 1.165) is 28.4 Å². The SMILES string of the molecule is COc1ccc(NC(=S)N/N=C\c2c(C)nn(C)c2C)cc1. The van der Waals surface area contributed by atoms with Gasteiger partial charge in [0.15, 0.2) is 5.11 Å². The van der Waals surface area contributed by atoms with Crippen molar-refractivity contribution in [3.05, 3.63) is 41.2 Å². The zero-order valence-electron chi connectivity index (χ0n) is 13.0. The molecule has 7 heteroatoms. The van der Waals surface area contributed by atoms with Crippen molar-refractivity contribution in [3.8, 4) is 5.75 Å². The van der Waals surface area contributed by atoms with E-state index < -0.39 is 0 Å². The van der Waals surface area contributed by atoms with E-state index >= 15 is 0 Å². The summed E-state index contributed by atoms with van der Waals surface area (Å²) in [6, 6.07) is 7.48. The second-order valence-electron chi connectivity index (χ2n) is 4.76. The average molecular weight is 317 g/mol. The molecule has 1 aromatic heterocycles. The summed E-state index contributed by atoms with van der Waals surface area (Å²) >= 11 is 5.20. The monoisotopic (exact) mass is 317 g/mol. The van der Waals surface area contributed by atoms with Gasteiger partial charge in [-0.25, -0.2) is 0 Å². The number of hydrogen-bond acceptors (Lipinski definition) is 4. The van der Waals surface area contributed by atoms with Crippen molar-refractivity contribution in [2.75, 3.05) is 12.4 Å². The maximum Gasteiger partial charge on any atom is 0.191 e. The van der Waals surface area contributed by atoms with E-state index in [1.54, 1.807) is 13.3 Å². The fourth-order valence-electron chi connectivity index (χ4n) is 1.97. The third kappa shape index (κ3) is 3.82. The summed E-state index contributed by atoms with van der Waals surface area (Å²) in [7, 11) is 3.54. The molecule has 0 atom stereocenters. The summed E-state index contributed by atoms with van der Waals surface area (Å²) in [4.78, 5) is 0. The molecule has 0 aliphatic carbocycles. The Kier molecular flexibility index (Phi) is 5.11. The van der Waals surface area contributed by atoms with Crippen LogP contribution in [0.25, 0.3) is 0 Å². The average Bonchev–Trinajstić information content (AvgIpc) is 2.74. The van der Waals surface area contributed by atoms with Crippen molar-refractivity contribution in [2.24, 2.45) is 12.1 Å². The highest BCUT2D eigenvalue weighted by atomic mass is 32.1. The van der Waals surface area contributed by atoms with Gasteiger partial charge in [-0.1, -0.05) is 0 Å². The first-order valence-electron chi connectivity index (χ1n) is 6.75. The van der Waals surface area contributed by atoms with Crippen LogP contribution in [0.15, 0.2) is 29.4 Å². The molecule has 2 N–H and O–H groups in total. The highest BCUT2D eigenvalue weighted by molar-refractivity contribution is 7.80. The molecule has 0 aliphatic rings. The zero-order chi connectivity index (χ0) is 16.1. The number of hydrazone groups is 1. The molecule has 2 aromatic rings. The van der Waals surface area contributed by atoms with Crippen molar-refractivity contribution in [1.29, 1.82) is 0 Å². The molecule has 0 fully saturated rings. The summed E-state index contributed by atoms with van der Waals surface area (Å²) in [6.45, 7) is 3.94. The van der Waals surface area contributed by atoms with E-state index in [1.807, 2.05) is 49.8 Å². The van der Waals surface area contributed by atoms with Crippen molar-refractivity contribution in [2.45, 2.75) is 13.8 Å². The molecule has 116 valence electrons. The van der Waals surface area contributed by atoms with Gasteiger partial charge in [0, 0.05) is 24.0 Å². The molecule has 2 rings (SSSR count). The number of rotatable bonds is 4. The Balaban J connectivity index is 1.93. The number of aromatic nitrogens is 2. The topological polar surface area (TPSA) is 63.5 Å². The predicted molar refractivity (Wildman–Crippen MR) is 92.6 cm³/mol. The number of methoxy groups -OCH3 is 1. The number of nitrogens with zero attached hydrogens (tertiary/aromatic N) is 3. The minimum atomic E-state index is 0.417. The van der Waals surface area contributed by atoms with Gasteiger partial charge < -0.3 is 10.1 Å². The lowest BCUT2D eigenvalue weighted by atomic mass is 10.2. The second-order valence-corrected chi connectivity index (χ2v) is 5.17. The first kappa shape index (κ1) is 16.0. The minimum Gasteiger partial charge on any atom is -0.497 e. The van der Waals surface area contributed by atoms with Crippen LogP contribution in [0, 0.1) is 13.8 Å². The van der Waals surface area contributed by atoms with Gasteiger partial charge in [-0.05, 0) is 50.3 Å². The summed E-state index contributed by atoms with van der Waals surface area (Å²) < 4.78 is 6.93. The Morgan fingerprint density at radius 3 is 2.55 bits per heavy atom. The van der Waals surface area contributed by atoms with Crippen LogP contribution in [0.2, 0.25) is 0 Å². The second kappa shape index (κ2) is 7.04. The molecule has 6 nitrogen and oxygen atoms in total. The number of nitrogens with one attached hydrogen (secondary N) is 2. The Morgan fingerprint density at radius 1 is 1.32 bits per heavy atom. The molecular weight excluding hydrogens is 298 g/mol. The first-order valence-corrected chi connectivity index (χ1v) is 7.16. The third-order valence-electron chi connectivity index (χ3n) is 3.27. The lowest BCUT2D eigenvalue weighted by Gasteiger charge is -2.07. The van der Waals surface area contributed by atoms with Gasteiger partial charge in [-0.2, -0.15) is 10.2 Å². The molecular formula is C15H19N5OS. The standard InChI is InChI=1S/C15H19N5OS/c1-10-14(11(2)20(3)19-10)9-16-18-15(22)17-12-5-7-13(21-4)8-6-12/h5-9H,1-4H3,(H2,17,18,22)/b16-9-. The smallest absolute Gasteiger partial charge is 0.191 e. The summed E-state index contributed by atoms with van der Waals surface area (Å²) in [5, 5.41) is 11.9. The number of thiocarbonyl (C=S) groups is 1. The van der Waals surface area contributed by atoms with E-state index in [0.29, 0.717) is 5.11 Å². The van der Waals surface area contributed by atoms with Crippen LogP contribution in [0.5, 0.6) is 5.75 Å². The van der Waals surface area contributed by atoms with Crippen LogP contribution >= 0.6 is 12.2 Å². The Hall–Kier alpha value is -2.41. The van der Waals surface area contributed by atoms with E-state index in [4.69, 9.17) is 17.0 Å². The van der Waals surface area contributed by atoms with Crippen molar-refractivity contribution >= 4 is 29.2 Å². The maximum absolute atomic E-state index is 5.20. The molecule has 0 unspecified atom stereocenters. The van der Waals surface area contributed by atoms with Gasteiger partial charge in [0.25, 0.3) is 0 Å². The molecule has 0 bridgehead atoms. The number of ether oxygens (including phenoxy) is 1. The van der Waals surface area contributed by atoms with Gasteiger partial charge in [0.1, 0.15) is 5.75 Å². The largest absolute Gasteiger partial charge is 0.497 e. The molecule has 1 aromatic carbocycles. The van der Waals surface area contributed by atoms with E-state index in [-0.39, 0.29) is 0 Å². The summed E-state index contributed by atoms with van der Waals surface area (Å²) in [5.74, 6) is 0.796. The van der Waals surface area contributed by atoms with Crippen LogP contribution in [0.4, 0.5) is 5.69 Å². The molecule has 0 saturated carbocycles. The molecule has 0 radical (unpaired) electrons. The summed E-state index contributed by atoms with van der Waals surface area (Å²) in [5.41, 5.74) is 6.63. The molecule has 1 heterocycles. The van der Waals surface area contributed by atoms with Gasteiger partial charge in [0.05, 0.1) is 19.0 Å². The predicted octanol–water partition coefficient (Wildman–Crippen LogP) is 2.37. The third-order valence-corrected chi connectivity index (χ3v) is 3.47. The van der Waals surface area contributed by atoms with Crippen molar-refractivity contribution in [3.63, 3.8) is 0 Å². The van der Waals surface area contributed by atoms with Gasteiger partial charge in [-0.15, -0.1) is 0 Å². The van der Waals surface area contributed by atoms with Gasteiger partial charge in [0.2, 0.25) is 0 Å². The normalized spacial score (nSPS) is 10.7. The van der Waals surface area contributed by atoms with E-state index in [9.17, 15) is 0 Å². The van der Waals surface area contributed by atoms with Crippen LogP contribution in [0.1, 0.15) is 17.0 Å². The molecule has 0 aliphatic heterocycles. The van der Waals surface area contributed by atoms with Crippen LogP contribution in [0.3, 0.4) is 0 Å². The number of anilines is 1. The van der Waals surface area contributed by atoms with Crippen LogP contribution in [-0.2, 0) is 7.05 Å². The maximum atomic E-state index is 5.20. The first-order chi connectivity index (χ1) is 10.5. The highest BCUT2D eigenvalue weighted by Gasteiger charge is 2.06. The van der Waals surface area contributed by atoms with E-state index in [2.05, 4.69) is 20.9 Å². The summed E-state index contributed by atoms with van der Waals surface area (Å²) in [6.07, 6.45) is 1.72. The Bertz CT molecular complexity index is 691. The van der Waals surface area contributed by atoms with Crippen LogP contribution < -0.4 is 15.5 Å². The lowest BCUT2D eigenvalue weighted by molar-refractivity contribution is 0.415. The molecule has 0 amide bonds. The van der Waals surface area contributed by atoms with Crippen molar-refractivity contribution in [1.82, 2.24) is 15.2 Å². The number of hydrogen-bond donors (Lipinski definition) is 2. The van der Waals surface area contributed by atoms with Crippen molar-refractivity contribution < 1.29 is 4.74 Å². The fraction of sp³-hybridized carbons (Fsp3) is 0.267. The Morgan fingerprint density at radius 2 is 2.00 bits per heavy atom. The quantitative estimate of drug-likeness (QED) is 0.515.